The van der Waals surface area contributed by atoms with Crippen LogP contribution in [0.25, 0.3) is 0 Å². The molecular weight excluding hydrogens is 492 g/mol. The van der Waals surface area contributed by atoms with Crippen LogP contribution >= 0.6 is 0 Å². The van der Waals surface area contributed by atoms with Gasteiger partial charge in [-0.2, -0.15) is 8.78 Å². The van der Waals surface area contributed by atoms with E-state index in [0.717, 1.165) is 50.4 Å². The Bertz CT molecular complexity index is 892. The standard InChI is InChI=1S/C34H51F2NO2/c1-4-6-7-8-25-9-11-26(12-10-25)27-13-19-30(20-14-27)34(35,36)39-32-23-17-29(18-24-32)28-15-21-31(22-16-28)37(3)33(38)5-2/h5,17-18,23-28,30-31H,2,4,6-16,19-22H2,1,3H3. The average molecular weight is 544 g/mol. The van der Waals surface area contributed by atoms with Gasteiger partial charge in [-0.3, -0.25) is 4.79 Å². The van der Waals surface area contributed by atoms with Gasteiger partial charge in [-0.25, -0.2) is 0 Å². The second kappa shape index (κ2) is 14.1. The first-order valence-corrected chi connectivity index (χ1v) is 15.9. The molecule has 39 heavy (non-hydrogen) atoms. The number of carbonyl (C=O) groups is 1. The van der Waals surface area contributed by atoms with Gasteiger partial charge in [0.2, 0.25) is 5.91 Å². The summed E-state index contributed by atoms with van der Waals surface area (Å²) >= 11 is 0. The van der Waals surface area contributed by atoms with Crippen LogP contribution in [0.15, 0.2) is 36.9 Å². The third-order valence-corrected chi connectivity index (χ3v) is 10.4. The molecule has 218 valence electrons. The van der Waals surface area contributed by atoms with Crippen molar-refractivity contribution >= 4 is 5.91 Å². The molecule has 0 aliphatic heterocycles. The number of hydrogen-bond donors (Lipinski definition) is 0. The largest absolute Gasteiger partial charge is 0.432 e. The highest BCUT2D eigenvalue weighted by Crippen LogP contribution is 2.46. The monoisotopic (exact) mass is 543 g/mol. The molecule has 1 aromatic rings. The fourth-order valence-corrected chi connectivity index (χ4v) is 7.73. The lowest BCUT2D eigenvalue weighted by Crippen LogP contribution is -2.38. The van der Waals surface area contributed by atoms with Crippen molar-refractivity contribution in [2.45, 2.75) is 128 Å². The predicted octanol–water partition coefficient (Wildman–Crippen LogP) is 9.52. The Balaban J connectivity index is 1.20. The zero-order valence-electron chi connectivity index (χ0n) is 24.4. The number of carbonyl (C=O) groups excluding carboxylic acids is 1. The summed E-state index contributed by atoms with van der Waals surface area (Å²) < 4.78 is 35.7. The summed E-state index contributed by atoms with van der Waals surface area (Å²) in [5.41, 5.74) is 1.17. The van der Waals surface area contributed by atoms with Crippen LogP contribution in [0, 0.1) is 23.7 Å². The number of benzene rings is 1. The van der Waals surface area contributed by atoms with E-state index in [4.69, 9.17) is 4.74 Å². The minimum atomic E-state index is -3.12. The number of likely N-dealkylation sites (N-methyl/N-ethyl adjacent to an activating group) is 1. The number of rotatable bonds is 11. The van der Waals surface area contributed by atoms with Crippen molar-refractivity contribution in [3.63, 3.8) is 0 Å². The summed E-state index contributed by atoms with van der Waals surface area (Å²) in [5.74, 6) is 2.20. The molecule has 0 heterocycles. The molecule has 0 atom stereocenters. The highest BCUT2D eigenvalue weighted by atomic mass is 19.3. The molecule has 5 heteroatoms. The highest BCUT2D eigenvalue weighted by molar-refractivity contribution is 5.87. The van der Waals surface area contributed by atoms with Gasteiger partial charge in [0, 0.05) is 13.1 Å². The molecular formula is C34H51F2NO2. The molecule has 4 rings (SSSR count). The van der Waals surface area contributed by atoms with E-state index in [1.54, 1.807) is 17.0 Å². The molecule has 1 amide bonds. The Morgan fingerprint density at radius 2 is 1.51 bits per heavy atom. The summed E-state index contributed by atoms with van der Waals surface area (Å²) in [4.78, 5) is 13.7. The Kier molecular flexibility index (Phi) is 10.9. The lowest BCUT2D eigenvalue weighted by atomic mass is 9.68. The number of ether oxygens (including phenoxy) is 1. The quantitative estimate of drug-likeness (QED) is 0.205. The first-order chi connectivity index (χ1) is 18.8. The van der Waals surface area contributed by atoms with Gasteiger partial charge in [-0.05, 0) is 112 Å². The molecule has 0 spiro atoms. The number of hydrogen-bond acceptors (Lipinski definition) is 2. The van der Waals surface area contributed by atoms with Crippen LogP contribution in [0.4, 0.5) is 8.78 Å². The molecule has 3 saturated carbocycles. The second-order valence-corrected chi connectivity index (χ2v) is 12.8. The van der Waals surface area contributed by atoms with Crippen LogP contribution in [0.2, 0.25) is 0 Å². The lowest BCUT2D eigenvalue weighted by molar-refractivity contribution is -0.224. The fraction of sp³-hybridized carbons (Fsp3) is 0.735. The zero-order valence-corrected chi connectivity index (χ0v) is 24.4. The molecule has 3 nitrogen and oxygen atoms in total. The van der Waals surface area contributed by atoms with Gasteiger partial charge in [0.25, 0.3) is 0 Å². The molecule has 3 fully saturated rings. The van der Waals surface area contributed by atoms with Gasteiger partial charge in [0.05, 0.1) is 5.92 Å². The van der Waals surface area contributed by atoms with Crippen molar-refractivity contribution in [1.29, 1.82) is 0 Å². The number of alkyl halides is 2. The van der Waals surface area contributed by atoms with E-state index in [-0.39, 0.29) is 17.7 Å². The summed E-state index contributed by atoms with van der Waals surface area (Å²) in [7, 11) is 1.84. The molecule has 0 N–H and O–H groups in total. The van der Waals surface area contributed by atoms with E-state index in [9.17, 15) is 4.79 Å². The first kappa shape index (κ1) is 30.1. The van der Waals surface area contributed by atoms with Crippen molar-refractivity contribution < 1.29 is 18.3 Å². The van der Waals surface area contributed by atoms with Crippen molar-refractivity contribution in [1.82, 2.24) is 4.90 Å². The van der Waals surface area contributed by atoms with Gasteiger partial charge < -0.3 is 9.64 Å². The van der Waals surface area contributed by atoms with E-state index < -0.39 is 12.0 Å². The Labute approximate surface area is 235 Å². The molecule has 0 unspecified atom stereocenters. The Morgan fingerprint density at radius 1 is 0.923 bits per heavy atom. The van der Waals surface area contributed by atoms with E-state index in [1.807, 2.05) is 19.2 Å². The lowest BCUT2D eigenvalue weighted by Gasteiger charge is -2.39. The number of amides is 1. The van der Waals surface area contributed by atoms with Gasteiger partial charge >= 0.3 is 6.11 Å². The smallest absolute Gasteiger partial charge is 0.400 e. The van der Waals surface area contributed by atoms with E-state index >= 15 is 8.78 Å². The molecule has 0 radical (unpaired) electrons. The van der Waals surface area contributed by atoms with Crippen LogP contribution in [-0.4, -0.2) is 30.0 Å². The molecule has 1 aromatic carbocycles. The van der Waals surface area contributed by atoms with Crippen molar-refractivity contribution in [3.05, 3.63) is 42.5 Å². The minimum Gasteiger partial charge on any atom is -0.432 e. The fourth-order valence-electron chi connectivity index (χ4n) is 7.73. The van der Waals surface area contributed by atoms with E-state index in [2.05, 4.69) is 13.5 Å². The normalized spacial score (nSPS) is 29.9. The number of nitrogens with zero attached hydrogens (tertiary/aromatic N) is 1. The summed E-state index contributed by atoms with van der Waals surface area (Å²) in [5, 5.41) is 0. The maximum Gasteiger partial charge on any atom is 0.400 e. The molecule has 3 aliphatic rings. The van der Waals surface area contributed by atoms with Crippen molar-refractivity contribution in [2.75, 3.05) is 7.05 Å². The third kappa shape index (κ3) is 8.07. The molecule has 0 bridgehead atoms. The van der Waals surface area contributed by atoms with Crippen LogP contribution in [0.5, 0.6) is 5.75 Å². The SMILES string of the molecule is C=CC(=O)N(C)C1CCC(c2ccc(OC(F)(F)C3CCC(C4CCC(CCCCC)CC4)CC3)cc2)CC1. The van der Waals surface area contributed by atoms with Gasteiger partial charge in [0.15, 0.2) is 0 Å². The summed E-state index contributed by atoms with van der Waals surface area (Å²) in [6.07, 6.45) is 15.8. The van der Waals surface area contributed by atoms with Gasteiger partial charge in [-0.1, -0.05) is 64.2 Å². The van der Waals surface area contributed by atoms with Crippen molar-refractivity contribution in [3.8, 4) is 5.75 Å². The average Bonchev–Trinajstić information content (AvgIpc) is 2.97. The van der Waals surface area contributed by atoms with Crippen LogP contribution in [-0.2, 0) is 4.79 Å². The molecule has 0 aromatic heterocycles. The first-order valence-electron chi connectivity index (χ1n) is 15.9. The van der Waals surface area contributed by atoms with Crippen molar-refractivity contribution in [2.24, 2.45) is 23.7 Å². The van der Waals surface area contributed by atoms with Crippen LogP contribution in [0.3, 0.4) is 0 Å². The maximum absolute atomic E-state index is 15.2. The molecule has 3 aliphatic carbocycles. The van der Waals surface area contributed by atoms with E-state index in [0.29, 0.717) is 24.7 Å². The predicted molar refractivity (Wildman–Crippen MR) is 155 cm³/mol. The second-order valence-electron chi connectivity index (χ2n) is 12.8. The van der Waals surface area contributed by atoms with Crippen LogP contribution < -0.4 is 4.74 Å². The third-order valence-electron chi connectivity index (χ3n) is 10.4. The number of halogens is 2. The minimum absolute atomic E-state index is 0.0327. The highest BCUT2D eigenvalue weighted by Gasteiger charge is 2.45. The van der Waals surface area contributed by atoms with E-state index in [1.165, 1.54) is 63.0 Å². The van der Waals surface area contributed by atoms with Gasteiger partial charge in [-0.15, -0.1) is 0 Å². The number of unbranched alkanes of at least 4 members (excludes halogenated alkanes) is 2. The maximum atomic E-state index is 15.2. The zero-order chi connectivity index (χ0) is 27.8. The summed E-state index contributed by atoms with van der Waals surface area (Å²) in [6.45, 7) is 5.85. The Morgan fingerprint density at radius 3 is 2.08 bits per heavy atom. The van der Waals surface area contributed by atoms with Gasteiger partial charge in [0.1, 0.15) is 5.75 Å². The Hall–Kier alpha value is -1.91. The van der Waals surface area contributed by atoms with Crippen LogP contribution in [0.1, 0.15) is 121 Å². The molecule has 0 saturated heterocycles. The summed E-state index contributed by atoms with van der Waals surface area (Å²) in [6, 6.07) is 7.57. The topological polar surface area (TPSA) is 29.5 Å².